The van der Waals surface area contributed by atoms with E-state index in [9.17, 15) is 26.7 Å². The summed E-state index contributed by atoms with van der Waals surface area (Å²) in [6.45, 7) is -0.466. The van der Waals surface area contributed by atoms with Crippen LogP contribution in [0.5, 0.6) is 0 Å². The van der Waals surface area contributed by atoms with Gasteiger partial charge < -0.3 is 5.11 Å². The molecule has 0 amide bonds. The summed E-state index contributed by atoms with van der Waals surface area (Å²) < 4.78 is 61.7. The monoisotopic (exact) mass is 346 g/mol. The molecule has 2 aromatic carbocycles. The molecule has 0 spiro atoms. The lowest BCUT2D eigenvalue weighted by Crippen LogP contribution is -2.22. The molecular weight excluding hydrogens is 333 g/mol. The van der Waals surface area contributed by atoms with Crippen molar-refractivity contribution in [2.45, 2.75) is 12.8 Å². The van der Waals surface area contributed by atoms with Crippen LogP contribution in [0.1, 0.15) is 11.1 Å². The van der Waals surface area contributed by atoms with Gasteiger partial charge in [0.15, 0.2) is 0 Å². The van der Waals surface area contributed by atoms with E-state index in [0.717, 1.165) is 12.1 Å². The highest BCUT2D eigenvalue weighted by Gasteiger charge is 2.29. The Hall–Kier alpha value is -2.10. The molecule has 0 aliphatic heterocycles. The molecule has 9 heteroatoms. The first-order valence-electron chi connectivity index (χ1n) is 6.32. The van der Waals surface area contributed by atoms with E-state index in [0.29, 0.717) is 11.1 Å². The van der Waals surface area contributed by atoms with Gasteiger partial charge in [-0.15, -0.1) is 0 Å². The first kappa shape index (κ1) is 17.3. The summed E-state index contributed by atoms with van der Waals surface area (Å²) in [4.78, 5) is 0. The van der Waals surface area contributed by atoms with Crippen molar-refractivity contribution in [2.24, 2.45) is 5.14 Å². The van der Waals surface area contributed by atoms with E-state index >= 15 is 0 Å². The highest BCUT2D eigenvalue weighted by Crippen LogP contribution is 2.32. The van der Waals surface area contributed by atoms with Crippen molar-refractivity contribution in [2.75, 3.05) is 4.72 Å². The molecule has 0 fully saturated rings. The third-order valence-electron chi connectivity index (χ3n) is 3.07. The van der Waals surface area contributed by atoms with Crippen molar-refractivity contribution in [3.63, 3.8) is 0 Å². The summed E-state index contributed by atoms with van der Waals surface area (Å²) in [6, 6.07) is 8.85. The molecule has 4 N–H and O–H groups in total. The lowest BCUT2D eigenvalue weighted by molar-refractivity contribution is -0.137. The van der Waals surface area contributed by atoms with Gasteiger partial charge >= 0.3 is 6.18 Å². The van der Waals surface area contributed by atoms with Gasteiger partial charge in [0.25, 0.3) is 10.2 Å². The number of aliphatic hydroxyl groups is 1. The molecule has 0 aromatic heterocycles. The Morgan fingerprint density at radius 3 is 2.09 bits per heavy atom. The second-order valence-corrected chi connectivity index (χ2v) is 6.05. The zero-order chi connectivity index (χ0) is 17.3. The van der Waals surface area contributed by atoms with Crippen LogP contribution in [0.4, 0.5) is 18.9 Å². The van der Waals surface area contributed by atoms with Gasteiger partial charge in [-0.05, 0) is 35.4 Å². The van der Waals surface area contributed by atoms with E-state index in [-0.39, 0.29) is 11.3 Å². The highest BCUT2D eigenvalue weighted by molar-refractivity contribution is 7.90. The van der Waals surface area contributed by atoms with Crippen LogP contribution in [0.3, 0.4) is 0 Å². The van der Waals surface area contributed by atoms with Gasteiger partial charge in [0.1, 0.15) is 0 Å². The topological polar surface area (TPSA) is 92.4 Å². The Morgan fingerprint density at radius 1 is 1.04 bits per heavy atom. The van der Waals surface area contributed by atoms with Crippen LogP contribution in [-0.4, -0.2) is 13.5 Å². The van der Waals surface area contributed by atoms with Gasteiger partial charge in [-0.2, -0.15) is 21.6 Å². The molecule has 5 nitrogen and oxygen atoms in total. The second kappa shape index (κ2) is 6.19. The number of alkyl halides is 3. The number of halogens is 3. The van der Waals surface area contributed by atoms with Crippen LogP contribution in [0, 0.1) is 0 Å². The van der Waals surface area contributed by atoms with E-state index in [1.165, 1.54) is 30.3 Å². The number of benzene rings is 2. The van der Waals surface area contributed by atoms with Crippen molar-refractivity contribution in [3.8, 4) is 11.1 Å². The molecule has 2 rings (SSSR count). The predicted octanol–water partition coefficient (Wildman–Crippen LogP) is 2.48. The smallest absolute Gasteiger partial charge is 0.392 e. The molecule has 2 aromatic rings. The van der Waals surface area contributed by atoms with E-state index in [4.69, 9.17) is 5.14 Å². The second-order valence-electron chi connectivity index (χ2n) is 4.75. The summed E-state index contributed by atoms with van der Waals surface area (Å²) >= 11 is 0. The lowest BCUT2D eigenvalue weighted by atomic mass is 10.0. The molecule has 0 unspecified atom stereocenters. The van der Waals surface area contributed by atoms with Crippen LogP contribution < -0.4 is 9.86 Å². The highest BCUT2D eigenvalue weighted by atomic mass is 32.2. The van der Waals surface area contributed by atoms with Gasteiger partial charge in [0, 0.05) is 5.56 Å². The Bertz CT molecular complexity index is 803. The lowest BCUT2D eigenvalue weighted by Gasteiger charge is -2.12. The Kier molecular flexibility index (Phi) is 4.64. The molecule has 0 saturated carbocycles. The normalized spacial score (nSPS) is 12.2. The Morgan fingerprint density at radius 2 is 1.61 bits per heavy atom. The predicted molar refractivity (Wildman–Crippen MR) is 79.5 cm³/mol. The molecule has 0 saturated heterocycles. The molecule has 0 atom stereocenters. The quantitative estimate of drug-likeness (QED) is 0.794. The number of aliphatic hydroxyl groups excluding tert-OH is 1. The molecule has 0 radical (unpaired) electrons. The van der Waals surface area contributed by atoms with E-state index in [2.05, 4.69) is 0 Å². The summed E-state index contributed by atoms with van der Waals surface area (Å²) in [5, 5.41) is 14.2. The molecule has 23 heavy (non-hydrogen) atoms. The fourth-order valence-electron chi connectivity index (χ4n) is 2.01. The zero-order valence-corrected chi connectivity index (χ0v) is 12.4. The van der Waals surface area contributed by atoms with Crippen LogP contribution in [0.2, 0.25) is 0 Å². The molecular formula is C14H13F3N2O3S. The molecule has 0 aliphatic carbocycles. The number of nitrogens with two attached hydrogens (primary N) is 1. The number of rotatable bonds is 4. The zero-order valence-electron chi connectivity index (χ0n) is 11.6. The summed E-state index contributed by atoms with van der Waals surface area (Å²) in [7, 11) is -4.00. The van der Waals surface area contributed by atoms with Crippen molar-refractivity contribution >= 4 is 15.9 Å². The van der Waals surface area contributed by atoms with Crippen molar-refractivity contribution in [1.82, 2.24) is 0 Å². The number of hydrogen-bond acceptors (Lipinski definition) is 3. The maximum atomic E-state index is 12.5. The fourth-order valence-corrected chi connectivity index (χ4v) is 2.51. The van der Waals surface area contributed by atoms with Crippen molar-refractivity contribution in [1.29, 1.82) is 0 Å². The maximum absolute atomic E-state index is 12.5. The fraction of sp³-hybridized carbons (Fsp3) is 0.143. The molecule has 0 heterocycles. The van der Waals surface area contributed by atoms with Crippen molar-refractivity contribution in [3.05, 3.63) is 53.6 Å². The standard InChI is InChI=1S/C14H13F3N2O3S/c15-14(16,17)12-4-1-9(2-5-12)10-3-6-13(11(7-10)8-20)19-23(18,21)22/h1-7,19-20H,8H2,(H2,18,21,22). The summed E-state index contributed by atoms with van der Waals surface area (Å²) in [5.41, 5.74) is 0.607. The van der Waals surface area contributed by atoms with Crippen LogP contribution in [0.25, 0.3) is 11.1 Å². The van der Waals surface area contributed by atoms with Crippen LogP contribution >= 0.6 is 0 Å². The largest absolute Gasteiger partial charge is 0.416 e. The van der Waals surface area contributed by atoms with Gasteiger partial charge in [0.05, 0.1) is 17.9 Å². The minimum Gasteiger partial charge on any atom is -0.392 e. The SMILES string of the molecule is NS(=O)(=O)Nc1ccc(-c2ccc(C(F)(F)F)cc2)cc1CO. The first-order chi connectivity index (χ1) is 10.6. The van der Waals surface area contributed by atoms with Gasteiger partial charge in [0.2, 0.25) is 0 Å². The first-order valence-corrected chi connectivity index (χ1v) is 7.87. The Labute approximate surface area is 130 Å². The molecule has 0 bridgehead atoms. The third-order valence-corrected chi connectivity index (χ3v) is 3.58. The van der Waals surface area contributed by atoms with E-state index in [1.807, 2.05) is 4.72 Å². The number of nitrogens with one attached hydrogen (secondary N) is 1. The average Bonchev–Trinajstić information content (AvgIpc) is 2.45. The van der Waals surface area contributed by atoms with Crippen LogP contribution in [0.15, 0.2) is 42.5 Å². The third kappa shape index (κ3) is 4.44. The minimum atomic E-state index is -4.42. The number of anilines is 1. The van der Waals surface area contributed by atoms with E-state index in [1.54, 1.807) is 0 Å². The van der Waals surface area contributed by atoms with E-state index < -0.39 is 28.6 Å². The molecule has 0 aliphatic rings. The van der Waals surface area contributed by atoms with Crippen LogP contribution in [-0.2, 0) is 23.0 Å². The number of hydrogen-bond donors (Lipinski definition) is 3. The summed E-state index contributed by atoms with van der Waals surface area (Å²) in [6.07, 6.45) is -4.42. The molecule has 124 valence electrons. The minimum absolute atomic E-state index is 0.102. The van der Waals surface area contributed by atoms with Crippen molar-refractivity contribution < 1.29 is 26.7 Å². The Balaban J connectivity index is 2.37. The maximum Gasteiger partial charge on any atom is 0.416 e. The summed E-state index contributed by atoms with van der Waals surface area (Å²) in [5.74, 6) is 0. The van der Waals surface area contributed by atoms with Gasteiger partial charge in [-0.25, -0.2) is 5.14 Å². The van der Waals surface area contributed by atoms with Gasteiger partial charge in [-0.1, -0.05) is 18.2 Å². The van der Waals surface area contributed by atoms with Gasteiger partial charge in [-0.3, -0.25) is 4.72 Å². The average molecular weight is 346 g/mol.